The second kappa shape index (κ2) is 6.59. The van der Waals surface area contributed by atoms with E-state index in [1.165, 1.54) is 7.11 Å². The number of hydrogen-bond acceptors (Lipinski definition) is 4. The summed E-state index contributed by atoms with van der Waals surface area (Å²) in [6, 6.07) is 0.194. The standard InChI is InChI=1S/C12H22N2O3/c1-4-7-14(8-11(15)17-3)12(16)10-5-6-13-9(10)2/h9-10,13H,4-8H2,1-3H3. The zero-order chi connectivity index (χ0) is 12.8. The van der Waals surface area contributed by atoms with E-state index in [0.29, 0.717) is 6.54 Å². The maximum absolute atomic E-state index is 12.3. The van der Waals surface area contributed by atoms with Crippen LogP contribution in [0, 0.1) is 5.92 Å². The van der Waals surface area contributed by atoms with Crippen LogP contribution in [0.1, 0.15) is 26.7 Å². The van der Waals surface area contributed by atoms with Gasteiger partial charge in [-0.15, -0.1) is 0 Å². The molecule has 98 valence electrons. The summed E-state index contributed by atoms with van der Waals surface area (Å²) in [4.78, 5) is 25.2. The summed E-state index contributed by atoms with van der Waals surface area (Å²) in [7, 11) is 1.34. The highest BCUT2D eigenvalue weighted by Crippen LogP contribution is 2.18. The van der Waals surface area contributed by atoms with Crippen molar-refractivity contribution in [2.24, 2.45) is 5.92 Å². The molecule has 5 heteroatoms. The first-order valence-electron chi connectivity index (χ1n) is 6.19. The molecular formula is C12H22N2O3. The summed E-state index contributed by atoms with van der Waals surface area (Å²) in [5, 5.41) is 3.25. The van der Waals surface area contributed by atoms with Gasteiger partial charge in [-0.1, -0.05) is 6.92 Å². The van der Waals surface area contributed by atoms with Crippen LogP contribution in [0.3, 0.4) is 0 Å². The number of nitrogens with zero attached hydrogens (tertiary/aromatic N) is 1. The van der Waals surface area contributed by atoms with E-state index < -0.39 is 0 Å². The van der Waals surface area contributed by atoms with Crippen molar-refractivity contribution in [2.75, 3.05) is 26.7 Å². The third-order valence-corrected chi connectivity index (χ3v) is 3.20. The first-order valence-corrected chi connectivity index (χ1v) is 6.19. The van der Waals surface area contributed by atoms with Crippen molar-refractivity contribution in [3.05, 3.63) is 0 Å². The summed E-state index contributed by atoms with van der Waals surface area (Å²) in [5.74, 6) is -0.300. The van der Waals surface area contributed by atoms with Gasteiger partial charge in [0.05, 0.1) is 13.0 Å². The van der Waals surface area contributed by atoms with Crippen LogP contribution in [-0.4, -0.2) is 49.6 Å². The Morgan fingerprint density at radius 1 is 1.47 bits per heavy atom. The van der Waals surface area contributed by atoms with Crippen molar-refractivity contribution in [2.45, 2.75) is 32.7 Å². The highest BCUT2D eigenvalue weighted by molar-refractivity contribution is 5.84. The second-order valence-corrected chi connectivity index (χ2v) is 4.47. The number of ether oxygens (including phenoxy) is 1. The lowest BCUT2D eigenvalue weighted by Gasteiger charge is -2.25. The van der Waals surface area contributed by atoms with Crippen molar-refractivity contribution < 1.29 is 14.3 Å². The maximum atomic E-state index is 12.3. The van der Waals surface area contributed by atoms with E-state index in [-0.39, 0.29) is 30.4 Å². The van der Waals surface area contributed by atoms with Gasteiger partial charge in [0.1, 0.15) is 6.54 Å². The molecule has 2 atom stereocenters. The van der Waals surface area contributed by atoms with Gasteiger partial charge in [-0.05, 0) is 26.3 Å². The maximum Gasteiger partial charge on any atom is 0.325 e. The van der Waals surface area contributed by atoms with Gasteiger partial charge in [-0.25, -0.2) is 0 Å². The van der Waals surface area contributed by atoms with Crippen LogP contribution in [0.15, 0.2) is 0 Å². The number of carbonyl (C=O) groups is 2. The molecule has 1 N–H and O–H groups in total. The lowest BCUT2D eigenvalue weighted by Crippen LogP contribution is -2.43. The number of carbonyl (C=O) groups excluding carboxylic acids is 2. The van der Waals surface area contributed by atoms with E-state index in [0.717, 1.165) is 19.4 Å². The lowest BCUT2D eigenvalue weighted by atomic mass is 10.0. The quantitative estimate of drug-likeness (QED) is 0.709. The Balaban J connectivity index is 2.62. The normalized spacial score (nSPS) is 23.5. The van der Waals surface area contributed by atoms with E-state index in [1.54, 1.807) is 4.90 Å². The Kier molecular flexibility index (Phi) is 5.41. The molecule has 1 aliphatic heterocycles. The van der Waals surface area contributed by atoms with Crippen LogP contribution in [0.2, 0.25) is 0 Å². The van der Waals surface area contributed by atoms with Crippen molar-refractivity contribution in [3.8, 4) is 0 Å². The van der Waals surface area contributed by atoms with Crippen molar-refractivity contribution >= 4 is 11.9 Å². The molecule has 0 bridgehead atoms. The molecule has 0 saturated carbocycles. The van der Waals surface area contributed by atoms with Gasteiger partial charge >= 0.3 is 5.97 Å². The first kappa shape index (κ1) is 14.0. The average Bonchev–Trinajstić information content (AvgIpc) is 2.73. The van der Waals surface area contributed by atoms with Crippen molar-refractivity contribution in [3.63, 3.8) is 0 Å². The largest absolute Gasteiger partial charge is 0.468 e. The van der Waals surface area contributed by atoms with Gasteiger partial charge in [0, 0.05) is 12.6 Å². The van der Waals surface area contributed by atoms with Gasteiger partial charge in [0.2, 0.25) is 5.91 Å². The minimum atomic E-state index is -0.356. The molecular weight excluding hydrogens is 220 g/mol. The molecule has 1 heterocycles. The Morgan fingerprint density at radius 2 is 2.18 bits per heavy atom. The molecule has 1 aliphatic rings. The fourth-order valence-corrected chi connectivity index (χ4v) is 2.19. The zero-order valence-corrected chi connectivity index (χ0v) is 10.9. The SMILES string of the molecule is CCCN(CC(=O)OC)C(=O)C1CCNC1C. The number of amides is 1. The number of methoxy groups -OCH3 is 1. The fraction of sp³-hybridized carbons (Fsp3) is 0.833. The Bertz CT molecular complexity index is 281. The van der Waals surface area contributed by atoms with E-state index >= 15 is 0 Å². The average molecular weight is 242 g/mol. The van der Waals surface area contributed by atoms with Crippen LogP contribution in [0.5, 0.6) is 0 Å². The van der Waals surface area contributed by atoms with Gasteiger partial charge < -0.3 is 15.0 Å². The number of hydrogen-bond donors (Lipinski definition) is 1. The summed E-state index contributed by atoms with van der Waals surface area (Å²) >= 11 is 0. The highest BCUT2D eigenvalue weighted by atomic mass is 16.5. The van der Waals surface area contributed by atoms with E-state index in [9.17, 15) is 9.59 Å². The monoisotopic (exact) mass is 242 g/mol. The second-order valence-electron chi connectivity index (χ2n) is 4.47. The fourth-order valence-electron chi connectivity index (χ4n) is 2.19. The topological polar surface area (TPSA) is 58.6 Å². The minimum absolute atomic E-state index is 0.00814. The number of nitrogens with one attached hydrogen (secondary N) is 1. The summed E-state index contributed by atoms with van der Waals surface area (Å²) in [6.07, 6.45) is 1.69. The molecule has 1 saturated heterocycles. The van der Waals surface area contributed by atoms with Gasteiger partial charge in [0.15, 0.2) is 0 Å². The third kappa shape index (κ3) is 3.70. The van der Waals surface area contributed by atoms with E-state index in [2.05, 4.69) is 10.1 Å². The number of rotatable bonds is 5. The van der Waals surface area contributed by atoms with Crippen LogP contribution in [0.25, 0.3) is 0 Å². The van der Waals surface area contributed by atoms with E-state index in [4.69, 9.17) is 0 Å². The molecule has 0 aromatic carbocycles. The molecule has 17 heavy (non-hydrogen) atoms. The summed E-state index contributed by atoms with van der Waals surface area (Å²) in [5.41, 5.74) is 0. The molecule has 0 aliphatic carbocycles. The smallest absolute Gasteiger partial charge is 0.325 e. The highest BCUT2D eigenvalue weighted by Gasteiger charge is 2.33. The molecule has 0 spiro atoms. The summed E-state index contributed by atoms with van der Waals surface area (Å²) < 4.78 is 4.62. The molecule has 0 aromatic rings. The molecule has 2 unspecified atom stereocenters. The Hall–Kier alpha value is -1.10. The van der Waals surface area contributed by atoms with Gasteiger partial charge in [-0.3, -0.25) is 9.59 Å². The Morgan fingerprint density at radius 3 is 2.65 bits per heavy atom. The molecule has 1 fully saturated rings. The van der Waals surface area contributed by atoms with Gasteiger partial charge in [0.25, 0.3) is 0 Å². The molecule has 0 radical (unpaired) electrons. The van der Waals surface area contributed by atoms with Gasteiger partial charge in [-0.2, -0.15) is 0 Å². The molecule has 1 rings (SSSR count). The van der Waals surface area contributed by atoms with Crippen LogP contribution in [0.4, 0.5) is 0 Å². The predicted molar refractivity (Wildman–Crippen MR) is 64.5 cm³/mol. The third-order valence-electron chi connectivity index (χ3n) is 3.20. The predicted octanol–water partition coefficient (Wildman–Crippen LogP) is 0.396. The van der Waals surface area contributed by atoms with E-state index in [1.807, 2.05) is 13.8 Å². The lowest BCUT2D eigenvalue weighted by molar-refractivity contribution is -0.148. The van der Waals surface area contributed by atoms with Crippen LogP contribution >= 0.6 is 0 Å². The molecule has 1 amide bonds. The van der Waals surface area contributed by atoms with Crippen molar-refractivity contribution in [1.29, 1.82) is 0 Å². The number of esters is 1. The zero-order valence-electron chi connectivity index (χ0n) is 10.9. The van der Waals surface area contributed by atoms with Crippen LogP contribution in [-0.2, 0) is 14.3 Å². The molecule has 5 nitrogen and oxygen atoms in total. The van der Waals surface area contributed by atoms with Crippen LogP contribution < -0.4 is 5.32 Å². The first-order chi connectivity index (χ1) is 8.10. The molecule has 0 aromatic heterocycles. The summed E-state index contributed by atoms with van der Waals surface area (Å²) in [6.45, 7) is 5.55. The van der Waals surface area contributed by atoms with Crippen molar-refractivity contribution in [1.82, 2.24) is 10.2 Å². The minimum Gasteiger partial charge on any atom is -0.468 e. The Labute approximate surface area is 102 Å².